The maximum Gasteiger partial charge on any atom is 0.262 e. The first kappa shape index (κ1) is 20.6. The van der Waals surface area contributed by atoms with Gasteiger partial charge in [-0.3, -0.25) is 14.9 Å². The highest BCUT2D eigenvalue weighted by atomic mass is 32.2. The van der Waals surface area contributed by atoms with Crippen LogP contribution in [0.4, 0.5) is 5.13 Å². The second-order valence-corrected chi connectivity index (χ2v) is 9.34. The predicted octanol–water partition coefficient (Wildman–Crippen LogP) is 3.19. The molecule has 12 heteroatoms. The van der Waals surface area contributed by atoms with Crippen molar-refractivity contribution in [1.29, 1.82) is 0 Å². The lowest BCUT2D eigenvalue weighted by atomic mass is 10.3. The van der Waals surface area contributed by atoms with Crippen LogP contribution in [-0.4, -0.2) is 47.4 Å². The number of nitrogens with one attached hydrogen (secondary N) is 2. The molecule has 0 aliphatic rings. The van der Waals surface area contributed by atoms with Crippen LogP contribution in [0, 0.1) is 0 Å². The average Bonchev–Trinajstić information content (AvgIpc) is 3.38. The summed E-state index contributed by atoms with van der Waals surface area (Å²) in [4.78, 5) is 31.8. The van der Waals surface area contributed by atoms with Crippen LogP contribution >= 0.6 is 34.9 Å². The molecule has 0 aliphatic carbocycles. The van der Waals surface area contributed by atoms with Gasteiger partial charge in [0, 0.05) is 5.75 Å². The Bertz CT molecular complexity index is 1220. The van der Waals surface area contributed by atoms with Crippen molar-refractivity contribution in [1.82, 2.24) is 29.9 Å². The lowest BCUT2D eigenvalue weighted by Gasteiger charge is -2.04. The number of benzene rings is 1. The number of para-hydroxylation sites is 1. The molecule has 30 heavy (non-hydrogen) atoms. The van der Waals surface area contributed by atoms with Crippen molar-refractivity contribution in [3.8, 4) is 5.69 Å². The van der Waals surface area contributed by atoms with E-state index in [0.29, 0.717) is 21.3 Å². The van der Waals surface area contributed by atoms with E-state index >= 15 is 0 Å². The van der Waals surface area contributed by atoms with Crippen molar-refractivity contribution in [2.75, 3.05) is 16.8 Å². The first-order valence-corrected chi connectivity index (χ1v) is 11.8. The van der Waals surface area contributed by atoms with Gasteiger partial charge < -0.3 is 4.98 Å². The summed E-state index contributed by atoms with van der Waals surface area (Å²) in [6.45, 7) is 2.09. The number of nitrogens with zero attached hydrogens (tertiary/aromatic N) is 5. The maximum absolute atomic E-state index is 12.4. The van der Waals surface area contributed by atoms with E-state index in [9.17, 15) is 9.59 Å². The molecule has 1 amide bonds. The van der Waals surface area contributed by atoms with E-state index in [2.05, 4.69) is 37.5 Å². The highest BCUT2D eigenvalue weighted by Crippen LogP contribution is 2.26. The number of H-pyrrole nitrogens is 1. The zero-order valence-corrected chi connectivity index (χ0v) is 18.3. The number of thioether (sulfide) groups is 2. The first-order chi connectivity index (χ1) is 14.6. The van der Waals surface area contributed by atoms with Crippen LogP contribution in [0.15, 0.2) is 50.8 Å². The van der Waals surface area contributed by atoms with Crippen LogP contribution in [0.3, 0.4) is 0 Å². The molecule has 4 aromatic rings. The van der Waals surface area contributed by atoms with Crippen LogP contribution in [0.5, 0.6) is 0 Å². The van der Waals surface area contributed by atoms with Gasteiger partial charge in [0.2, 0.25) is 11.0 Å². The molecule has 154 valence electrons. The summed E-state index contributed by atoms with van der Waals surface area (Å²) in [5.74, 6) is 0.785. The summed E-state index contributed by atoms with van der Waals surface area (Å²) in [6.07, 6.45) is 2.53. The van der Waals surface area contributed by atoms with Gasteiger partial charge in [-0.25, -0.2) is 9.67 Å². The van der Waals surface area contributed by atoms with Crippen molar-refractivity contribution in [2.24, 2.45) is 0 Å². The second-order valence-electron chi connectivity index (χ2n) is 6.06. The zero-order chi connectivity index (χ0) is 20.9. The summed E-state index contributed by atoms with van der Waals surface area (Å²) in [7, 11) is 0. The Balaban J connectivity index is 1.45. The van der Waals surface area contributed by atoms with Gasteiger partial charge in [-0.1, -0.05) is 60.0 Å². The molecule has 1 aromatic carbocycles. The number of carbonyl (C=O) groups excluding carboxylic acids is 1. The summed E-state index contributed by atoms with van der Waals surface area (Å²) >= 11 is 4.09. The molecule has 0 saturated heterocycles. The normalized spacial score (nSPS) is 11.1. The molecular formula is C18H17N7O2S3. The molecule has 0 fully saturated rings. The fraction of sp³-hybridized carbons (Fsp3) is 0.222. The van der Waals surface area contributed by atoms with E-state index in [1.807, 2.05) is 30.3 Å². The minimum absolute atomic E-state index is 0.0743. The lowest BCUT2D eigenvalue weighted by molar-refractivity contribution is -0.113. The Hall–Kier alpha value is -2.70. The molecule has 2 N–H and O–H groups in total. The van der Waals surface area contributed by atoms with Crippen molar-refractivity contribution >= 4 is 56.9 Å². The Morgan fingerprint density at radius 2 is 2.07 bits per heavy atom. The molecule has 4 rings (SSSR count). The number of aromatic nitrogens is 6. The quantitative estimate of drug-likeness (QED) is 0.234. The summed E-state index contributed by atoms with van der Waals surface area (Å²) in [5, 5.41) is 16.2. The molecule has 0 spiro atoms. The third-order valence-electron chi connectivity index (χ3n) is 3.84. The molecule has 0 atom stereocenters. The number of anilines is 1. The molecule has 0 saturated carbocycles. The predicted molar refractivity (Wildman–Crippen MR) is 120 cm³/mol. The molecule has 0 bridgehead atoms. The van der Waals surface area contributed by atoms with Crippen molar-refractivity contribution in [3.05, 3.63) is 46.9 Å². The standard InChI is InChI=1S/C18H17N7O2S3/c1-2-8-28-18-24-23-17(30-18)20-13(26)10-29-16-21-14-12(15(27)22-16)9-19-25(14)11-6-4-3-5-7-11/h3-7,9H,2,8,10H2,1H3,(H,20,23,26)(H,21,22,27). The van der Waals surface area contributed by atoms with Crippen LogP contribution in [-0.2, 0) is 4.79 Å². The number of hydrogen-bond acceptors (Lipinski definition) is 9. The fourth-order valence-corrected chi connectivity index (χ4v) is 4.87. The Labute approximate surface area is 183 Å². The monoisotopic (exact) mass is 459 g/mol. The van der Waals surface area contributed by atoms with Crippen molar-refractivity contribution in [3.63, 3.8) is 0 Å². The number of fused-ring (bicyclic) bond motifs is 1. The molecular weight excluding hydrogens is 442 g/mol. The highest BCUT2D eigenvalue weighted by molar-refractivity contribution is 8.01. The van der Waals surface area contributed by atoms with E-state index < -0.39 is 0 Å². The maximum atomic E-state index is 12.4. The Morgan fingerprint density at radius 3 is 2.87 bits per heavy atom. The summed E-state index contributed by atoms with van der Waals surface area (Å²) in [5.41, 5.74) is 0.939. The van der Waals surface area contributed by atoms with E-state index in [-0.39, 0.29) is 17.2 Å². The molecule has 3 aromatic heterocycles. The third kappa shape index (κ3) is 4.71. The van der Waals surface area contributed by atoms with Gasteiger partial charge in [-0.05, 0) is 18.6 Å². The second kappa shape index (κ2) is 9.41. The first-order valence-electron chi connectivity index (χ1n) is 9.06. The van der Waals surface area contributed by atoms with Gasteiger partial charge in [0.05, 0.1) is 17.6 Å². The van der Waals surface area contributed by atoms with E-state index in [4.69, 9.17) is 0 Å². The minimum Gasteiger partial charge on any atom is -0.301 e. The van der Waals surface area contributed by atoms with Crippen LogP contribution in [0.1, 0.15) is 13.3 Å². The molecule has 0 unspecified atom stereocenters. The van der Waals surface area contributed by atoms with Gasteiger partial charge >= 0.3 is 0 Å². The van der Waals surface area contributed by atoms with Gasteiger partial charge in [0.1, 0.15) is 5.39 Å². The minimum atomic E-state index is -0.299. The smallest absolute Gasteiger partial charge is 0.262 e. The number of hydrogen-bond donors (Lipinski definition) is 2. The van der Waals surface area contributed by atoms with E-state index in [1.54, 1.807) is 16.4 Å². The van der Waals surface area contributed by atoms with Gasteiger partial charge in [-0.15, -0.1) is 10.2 Å². The SMILES string of the molecule is CCCSc1nnc(NC(=O)CSc2nc3c(cnn3-c3ccccc3)c(=O)[nH]2)s1. The van der Waals surface area contributed by atoms with Crippen molar-refractivity contribution in [2.45, 2.75) is 22.8 Å². The van der Waals surface area contributed by atoms with Gasteiger partial charge in [-0.2, -0.15) is 5.10 Å². The van der Waals surface area contributed by atoms with E-state index in [0.717, 1.165) is 34.0 Å². The third-order valence-corrected chi connectivity index (χ3v) is 6.89. The number of carbonyl (C=O) groups is 1. The number of amides is 1. The lowest BCUT2D eigenvalue weighted by Crippen LogP contribution is -2.15. The largest absolute Gasteiger partial charge is 0.301 e. The number of aromatic amines is 1. The molecule has 0 aliphatic heterocycles. The molecule has 9 nitrogen and oxygen atoms in total. The van der Waals surface area contributed by atoms with Crippen LogP contribution in [0.25, 0.3) is 16.7 Å². The topological polar surface area (TPSA) is 118 Å². The summed E-state index contributed by atoms with van der Waals surface area (Å²) < 4.78 is 2.43. The van der Waals surface area contributed by atoms with E-state index in [1.165, 1.54) is 17.5 Å². The highest BCUT2D eigenvalue weighted by Gasteiger charge is 2.14. The van der Waals surface area contributed by atoms with Crippen LogP contribution in [0.2, 0.25) is 0 Å². The Morgan fingerprint density at radius 1 is 1.23 bits per heavy atom. The van der Waals surface area contributed by atoms with Crippen LogP contribution < -0.4 is 10.9 Å². The molecule has 3 heterocycles. The van der Waals surface area contributed by atoms with Gasteiger partial charge in [0.15, 0.2) is 15.1 Å². The zero-order valence-electron chi connectivity index (χ0n) is 15.9. The molecule has 0 radical (unpaired) electrons. The summed E-state index contributed by atoms with van der Waals surface area (Å²) in [6, 6.07) is 9.43. The van der Waals surface area contributed by atoms with Crippen molar-refractivity contribution < 1.29 is 4.79 Å². The van der Waals surface area contributed by atoms with Gasteiger partial charge in [0.25, 0.3) is 5.56 Å². The average molecular weight is 460 g/mol. The Kier molecular flexibility index (Phi) is 6.45. The number of rotatable bonds is 8. The fourth-order valence-electron chi connectivity index (χ4n) is 2.52.